The summed E-state index contributed by atoms with van der Waals surface area (Å²) in [6, 6.07) is 0. The number of hydrogen-bond acceptors (Lipinski definition) is 15. The normalized spacial score (nSPS) is 15.2. The Morgan fingerprint density at radius 1 is 0.344 bits per heavy atom. The van der Waals surface area contributed by atoms with E-state index >= 15 is 0 Å². The first-order valence-electron chi connectivity index (χ1n) is 37.8. The number of carbonyl (C=O) groups excluding carboxylic acids is 4. The molecule has 0 spiro atoms. The van der Waals surface area contributed by atoms with Crippen LogP contribution < -0.4 is 0 Å². The molecule has 0 amide bonds. The SMILES string of the molecule is CCCCCC/C=C\C=C/CCCCCCCC(=O)OC[C@H](COP(=O)(O)OC[C@@H](O)COP(=O)(O)OC[C@@H](COC(=O)CCCCCCCCC(C)CC)OC(=O)CCCCCCCCC(C)CC)OC(=O)CCCCCCCCCCCCCCCCC(C)CC. The first-order chi connectivity index (χ1) is 44.8. The van der Waals surface area contributed by atoms with Crippen molar-refractivity contribution in [2.45, 2.75) is 369 Å². The average Bonchev–Trinajstić information content (AvgIpc) is 3.56. The van der Waals surface area contributed by atoms with E-state index in [2.05, 4.69) is 72.8 Å². The van der Waals surface area contributed by atoms with Crippen molar-refractivity contribution in [3.8, 4) is 0 Å². The second kappa shape index (κ2) is 64.2. The minimum atomic E-state index is -4.96. The Hall–Kier alpha value is -2.46. The average molecular weight is 1360 g/mol. The van der Waals surface area contributed by atoms with Crippen molar-refractivity contribution in [1.29, 1.82) is 0 Å². The second-order valence-electron chi connectivity index (χ2n) is 26.7. The largest absolute Gasteiger partial charge is 0.472 e. The van der Waals surface area contributed by atoms with Crippen molar-refractivity contribution in [1.82, 2.24) is 0 Å². The summed E-state index contributed by atoms with van der Waals surface area (Å²) in [5.41, 5.74) is 0. The second-order valence-corrected chi connectivity index (χ2v) is 29.6. The van der Waals surface area contributed by atoms with Gasteiger partial charge in [0.2, 0.25) is 0 Å². The Kier molecular flexibility index (Phi) is 62.5. The molecule has 0 aromatic carbocycles. The molecule has 0 heterocycles. The molecule has 3 N–H and O–H groups in total. The van der Waals surface area contributed by atoms with Crippen molar-refractivity contribution in [3.63, 3.8) is 0 Å². The molecule has 17 nitrogen and oxygen atoms in total. The van der Waals surface area contributed by atoms with Crippen LogP contribution in [0.5, 0.6) is 0 Å². The molecular formula is C74H140O17P2. The number of unbranched alkanes of at least 4 members (excludes halogenated alkanes) is 32. The van der Waals surface area contributed by atoms with Gasteiger partial charge in [-0.15, -0.1) is 0 Å². The maximum absolute atomic E-state index is 13.1. The number of ether oxygens (including phenoxy) is 4. The Morgan fingerprint density at radius 2 is 0.602 bits per heavy atom. The first-order valence-corrected chi connectivity index (χ1v) is 40.8. The van der Waals surface area contributed by atoms with Crippen LogP contribution in [0.25, 0.3) is 0 Å². The third-order valence-corrected chi connectivity index (χ3v) is 19.5. The zero-order chi connectivity index (χ0) is 68.7. The van der Waals surface area contributed by atoms with Gasteiger partial charge in [-0.2, -0.15) is 0 Å². The molecule has 0 aliphatic rings. The van der Waals surface area contributed by atoms with Gasteiger partial charge in [0.05, 0.1) is 26.4 Å². The Labute approximate surface area is 567 Å². The Bertz CT molecular complexity index is 1920. The van der Waals surface area contributed by atoms with Crippen molar-refractivity contribution >= 4 is 39.5 Å². The molecule has 0 aromatic rings. The summed E-state index contributed by atoms with van der Waals surface area (Å²) in [7, 11) is -9.92. The fraction of sp³-hybridized carbons (Fsp3) is 0.892. The molecule has 19 heteroatoms. The van der Waals surface area contributed by atoms with Gasteiger partial charge < -0.3 is 33.8 Å². The fourth-order valence-electron chi connectivity index (χ4n) is 10.6. The predicted octanol–water partition coefficient (Wildman–Crippen LogP) is 21.0. The molecule has 0 aromatic heterocycles. The summed E-state index contributed by atoms with van der Waals surface area (Å²) in [4.78, 5) is 72.6. The third kappa shape index (κ3) is 64.0. The fourth-order valence-corrected chi connectivity index (χ4v) is 12.2. The van der Waals surface area contributed by atoms with Gasteiger partial charge in [0.25, 0.3) is 0 Å². The number of phosphoric ester groups is 2. The van der Waals surface area contributed by atoms with Gasteiger partial charge in [0.15, 0.2) is 12.2 Å². The number of phosphoric acid groups is 2. The lowest BCUT2D eigenvalue weighted by Gasteiger charge is -2.21. The molecule has 0 radical (unpaired) electrons. The molecule has 8 atom stereocenters. The van der Waals surface area contributed by atoms with E-state index in [0.717, 1.165) is 133 Å². The van der Waals surface area contributed by atoms with Gasteiger partial charge in [0, 0.05) is 25.7 Å². The predicted molar refractivity (Wildman–Crippen MR) is 377 cm³/mol. The first kappa shape index (κ1) is 90.5. The number of aliphatic hydroxyl groups excluding tert-OH is 1. The van der Waals surface area contributed by atoms with Crippen LogP contribution in [-0.2, 0) is 65.4 Å². The lowest BCUT2D eigenvalue weighted by Crippen LogP contribution is -2.30. The standard InChI is InChI=1S/C74H140O17P2/c1-8-12-13-14-15-16-17-18-19-23-26-29-32-41-48-55-71(76)84-61-69(90-73(78)57-50-43-33-30-27-24-21-20-22-25-28-31-38-45-52-65(5)9-2)63-88-92(80,81)86-59-68(75)60-87-93(82,83)89-64-70(91-74(79)58-51-44-37-35-40-47-54-67(7)11-4)62-85-72(77)56-49-42-36-34-39-46-53-66(6)10-3/h16-19,65-70,75H,8-15,20-64H2,1-7H3,(H,80,81)(H,82,83)/b17-16-,19-18-/t65?,66?,67?,68-,69-,70-/m1/s1. The molecule has 0 aliphatic carbocycles. The van der Waals surface area contributed by atoms with Crippen LogP contribution in [0, 0.1) is 17.8 Å². The number of esters is 4. The molecular weight excluding hydrogens is 1220 g/mol. The summed E-state index contributed by atoms with van der Waals surface area (Å²) in [5.74, 6) is 0.136. The number of hydrogen-bond donors (Lipinski definition) is 3. The van der Waals surface area contributed by atoms with Crippen molar-refractivity contribution in [3.05, 3.63) is 24.3 Å². The molecule has 548 valence electrons. The molecule has 0 aliphatic heterocycles. The monoisotopic (exact) mass is 1360 g/mol. The van der Waals surface area contributed by atoms with Crippen LogP contribution >= 0.6 is 15.6 Å². The number of aliphatic hydroxyl groups is 1. The Morgan fingerprint density at radius 3 is 0.903 bits per heavy atom. The van der Waals surface area contributed by atoms with E-state index < -0.39 is 97.5 Å². The van der Waals surface area contributed by atoms with E-state index in [-0.39, 0.29) is 25.7 Å². The molecule has 0 saturated carbocycles. The van der Waals surface area contributed by atoms with E-state index in [1.165, 1.54) is 135 Å². The highest BCUT2D eigenvalue weighted by atomic mass is 31.2. The minimum Gasteiger partial charge on any atom is -0.462 e. The van der Waals surface area contributed by atoms with Crippen molar-refractivity contribution in [2.75, 3.05) is 39.6 Å². The van der Waals surface area contributed by atoms with Gasteiger partial charge in [-0.25, -0.2) is 9.13 Å². The van der Waals surface area contributed by atoms with Crippen LogP contribution in [0.3, 0.4) is 0 Å². The number of allylic oxidation sites excluding steroid dienone is 4. The summed E-state index contributed by atoms with van der Waals surface area (Å²) in [6.45, 7) is 11.8. The maximum atomic E-state index is 13.1. The lowest BCUT2D eigenvalue weighted by atomic mass is 9.99. The summed E-state index contributed by atoms with van der Waals surface area (Å²) in [5, 5.41) is 10.6. The Balaban J connectivity index is 5.28. The van der Waals surface area contributed by atoms with Crippen molar-refractivity contribution in [2.24, 2.45) is 17.8 Å². The van der Waals surface area contributed by atoms with Crippen LogP contribution in [0.2, 0.25) is 0 Å². The molecule has 0 saturated heterocycles. The third-order valence-electron chi connectivity index (χ3n) is 17.6. The summed E-state index contributed by atoms with van der Waals surface area (Å²) < 4.78 is 68.4. The highest BCUT2D eigenvalue weighted by Gasteiger charge is 2.30. The molecule has 0 rings (SSSR count). The highest BCUT2D eigenvalue weighted by molar-refractivity contribution is 7.47. The van der Waals surface area contributed by atoms with Crippen LogP contribution in [0.1, 0.15) is 350 Å². The number of carbonyl (C=O) groups is 4. The highest BCUT2D eigenvalue weighted by Crippen LogP contribution is 2.45. The van der Waals surface area contributed by atoms with Gasteiger partial charge in [0.1, 0.15) is 19.3 Å². The minimum absolute atomic E-state index is 0.0995. The van der Waals surface area contributed by atoms with Crippen LogP contribution in [0.15, 0.2) is 24.3 Å². The zero-order valence-corrected chi connectivity index (χ0v) is 62.0. The van der Waals surface area contributed by atoms with Gasteiger partial charge in [-0.1, -0.05) is 297 Å². The number of rotatable bonds is 70. The van der Waals surface area contributed by atoms with Gasteiger partial charge in [-0.05, 0) is 69.1 Å². The topological polar surface area (TPSA) is 237 Å². The van der Waals surface area contributed by atoms with E-state index in [1.807, 2.05) is 0 Å². The quantitative estimate of drug-likeness (QED) is 0.0169. The van der Waals surface area contributed by atoms with E-state index in [9.17, 15) is 43.2 Å². The van der Waals surface area contributed by atoms with E-state index in [0.29, 0.717) is 25.7 Å². The maximum Gasteiger partial charge on any atom is 0.472 e. The van der Waals surface area contributed by atoms with Gasteiger partial charge in [-0.3, -0.25) is 37.3 Å². The smallest absolute Gasteiger partial charge is 0.462 e. The van der Waals surface area contributed by atoms with Crippen LogP contribution in [0.4, 0.5) is 0 Å². The molecule has 5 unspecified atom stereocenters. The molecule has 0 fully saturated rings. The summed E-state index contributed by atoms with van der Waals surface area (Å²) >= 11 is 0. The van der Waals surface area contributed by atoms with Crippen molar-refractivity contribution < 1.29 is 80.2 Å². The zero-order valence-electron chi connectivity index (χ0n) is 60.2. The van der Waals surface area contributed by atoms with E-state index in [1.54, 1.807) is 0 Å². The van der Waals surface area contributed by atoms with E-state index in [4.69, 9.17) is 37.0 Å². The van der Waals surface area contributed by atoms with Gasteiger partial charge >= 0.3 is 39.5 Å². The summed E-state index contributed by atoms with van der Waals surface area (Å²) in [6.07, 6.45) is 52.2. The molecule has 0 bridgehead atoms. The lowest BCUT2D eigenvalue weighted by molar-refractivity contribution is -0.161. The molecule has 93 heavy (non-hydrogen) atoms. The van der Waals surface area contributed by atoms with Crippen LogP contribution in [-0.4, -0.2) is 96.7 Å².